The summed E-state index contributed by atoms with van der Waals surface area (Å²) in [6.07, 6.45) is 0. The molecule has 3 nitrogen and oxygen atoms in total. The van der Waals surface area contributed by atoms with Crippen LogP contribution in [0.1, 0.15) is 12.5 Å². The predicted molar refractivity (Wildman–Crippen MR) is 76.6 cm³/mol. The van der Waals surface area contributed by atoms with Crippen molar-refractivity contribution in [3.8, 4) is 0 Å². The van der Waals surface area contributed by atoms with Crippen molar-refractivity contribution in [3.05, 3.63) is 29.6 Å². The lowest BCUT2D eigenvalue weighted by molar-refractivity contribution is 0.234. The minimum Gasteiger partial charge on any atom is -0.389 e. The number of anilines is 1. The van der Waals surface area contributed by atoms with Crippen LogP contribution in [-0.4, -0.2) is 42.6 Å². The van der Waals surface area contributed by atoms with Crippen LogP contribution in [0.15, 0.2) is 18.2 Å². The molecule has 1 saturated heterocycles. The van der Waals surface area contributed by atoms with Crippen molar-refractivity contribution in [1.82, 2.24) is 4.90 Å². The number of likely N-dealkylation sites (N-methyl/N-ethyl adjacent to an activating group) is 1. The Bertz CT molecular complexity index is 464. The van der Waals surface area contributed by atoms with Crippen molar-refractivity contribution >= 4 is 22.9 Å². The fourth-order valence-electron chi connectivity index (χ4n) is 2.29. The Balaban J connectivity index is 2.34. The van der Waals surface area contributed by atoms with Gasteiger partial charge in [0.1, 0.15) is 10.8 Å². The van der Waals surface area contributed by atoms with Gasteiger partial charge in [0.15, 0.2) is 0 Å². The lowest BCUT2D eigenvalue weighted by Crippen LogP contribution is -2.50. The molecule has 5 heteroatoms. The van der Waals surface area contributed by atoms with Crippen molar-refractivity contribution < 1.29 is 4.39 Å². The number of thiocarbonyl (C=S) groups is 1. The number of benzene rings is 1. The molecule has 18 heavy (non-hydrogen) atoms. The molecule has 1 unspecified atom stereocenters. The Morgan fingerprint density at radius 1 is 1.44 bits per heavy atom. The van der Waals surface area contributed by atoms with Crippen LogP contribution in [0.5, 0.6) is 0 Å². The molecule has 0 spiro atoms. The van der Waals surface area contributed by atoms with Gasteiger partial charge in [0.2, 0.25) is 0 Å². The van der Waals surface area contributed by atoms with Gasteiger partial charge >= 0.3 is 0 Å². The summed E-state index contributed by atoms with van der Waals surface area (Å²) >= 11 is 4.96. The SMILES string of the molecule is CC1CN(c2cccc(F)c2C(N)=S)CCN1C. The van der Waals surface area contributed by atoms with E-state index in [1.807, 2.05) is 6.07 Å². The van der Waals surface area contributed by atoms with Gasteiger partial charge in [-0.3, -0.25) is 0 Å². The van der Waals surface area contributed by atoms with E-state index in [-0.39, 0.29) is 10.8 Å². The van der Waals surface area contributed by atoms with Gasteiger partial charge < -0.3 is 15.5 Å². The number of hydrogen-bond acceptors (Lipinski definition) is 3. The van der Waals surface area contributed by atoms with Crippen LogP contribution >= 0.6 is 12.2 Å². The average Bonchev–Trinajstić information content (AvgIpc) is 2.32. The number of nitrogens with zero attached hydrogens (tertiary/aromatic N) is 2. The molecule has 1 aliphatic rings. The van der Waals surface area contributed by atoms with Crippen LogP contribution in [0.4, 0.5) is 10.1 Å². The fourth-order valence-corrected chi connectivity index (χ4v) is 2.49. The number of halogens is 1. The maximum atomic E-state index is 13.8. The van der Waals surface area contributed by atoms with Crippen LogP contribution in [0.2, 0.25) is 0 Å². The maximum absolute atomic E-state index is 13.8. The van der Waals surface area contributed by atoms with Gasteiger partial charge in [0, 0.05) is 31.4 Å². The highest BCUT2D eigenvalue weighted by Crippen LogP contribution is 2.25. The molecule has 1 atom stereocenters. The molecule has 0 amide bonds. The Hall–Kier alpha value is -1.20. The van der Waals surface area contributed by atoms with Crippen molar-refractivity contribution in [3.63, 3.8) is 0 Å². The Morgan fingerprint density at radius 3 is 2.78 bits per heavy atom. The van der Waals surface area contributed by atoms with Gasteiger partial charge in [-0.2, -0.15) is 0 Å². The van der Waals surface area contributed by atoms with Crippen molar-refractivity contribution in [1.29, 1.82) is 0 Å². The summed E-state index contributed by atoms with van der Waals surface area (Å²) in [7, 11) is 2.10. The molecule has 1 aromatic carbocycles. The second-order valence-electron chi connectivity index (χ2n) is 4.77. The topological polar surface area (TPSA) is 32.5 Å². The van der Waals surface area contributed by atoms with Gasteiger partial charge in [-0.15, -0.1) is 0 Å². The molecule has 1 aliphatic heterocycles. The first-order chi connectivity index (χ1) is 8.50. The molecule has 0 aromatic heterocycles. The summed E-state index contributed by atoms with van der Waals surface area (Å²) in [5, 5.41) is 0. The van der Waals surface area contributed by atoms with E-state index in [1.54, 1.807) is 6.07 Å². The zero-order valence-corrected chi connectivity index (χ0v) is 11.5. The van der Waals surface area contributed by atoms with Crippen LogP contribution in [-0.2, 0) is 0 Å². The van der Waals surface area contributed by atoms with Crippen LogP contribution in [0.3, 0.4) is 0 Å². The first-order valence-corrected chi connectivity index (χ1v) is 6.45. The normalized spacial score (nSPS) is 21.1. The third kappa shape index (κ3) is 2.47. The van der Waals surface area contributed by atoms with Gasteiger partial charge in [0.25, 0.3) is 0 Å². The van der Waals surface area contributed by atoms with Gasteiger partial charge in [0.05, 0.1) is 5.56 Å². The van der Waals surface area contributed by atoms with Gasteiger partial charge in [-0.1, -0.05) is 18.3 Å². The quantitative estimate of drug-likeness (QED) is 0.825. The highest BCUT2D eigenvalue weighted by atomic mass is 32.1. The van der Waals surface area contributed by atoms with Gasteiger partial charge in [-0.25, -0.2) is 4.39 Å². The molecule has 1 aromatic rings. The van der Waals surface area contributed by atoms with Gasteiger partial charge in [-0.05, 0) is 26.1 Å². The predicted octanol–water partition coefficient (Wildman–Crippen LogP) is 1.60. The maximum Gasteiger partial charge on any atom is 0.135 e. The molecule has 1 fully saturated rings. The second kappa shape index (κ2) is 5.20. The summed E-state index contributed by atoms with van der Waals surface area (Å²) in [5.74, 6) is -0.341. The molecule has 1 heterocycles. The third-order valence-corrected chi connectivity index (χ3v) is 3.74. The molecular weight excluding hydrogens is 249 g/mol. The van der Waals surface area contributed by atoms with E-state index in [4.69, 9.17) is 18.0 Å². The summed E-state index contributed by atoms with van der Waals surface area (Å²) in [6, 6.07) is 5.42. The van der Waals surface area contributed by atoms with Crippen molar-refractivity contribution in [2.24, 2.45) is 5.73 Å². The van der Waals surface area contributed by atoms with E-state index in [0.717, 1.165) is 25.3 Å². The minimum atomic E-state index is -0.341. The first kappa shape index (κ1) is 13.2. The minimum absolute atomic E-state index is 0.120. The molecule has 0 aliphatic carbocycles. The number of nitrogens with two attached hydrogens (primary N) is 1. The van der Waals surface area contributed by atoms with E-state index in [2.05, 4.69) is 23.8 Å². The number of piperazine rings is 1. The highest BCUT2D eigenvalue weighted by molar-refractivity contribution is 7.80. The highest BCUT2D eigenvalue weighted by Gasteiger charge is 2.24. The largest absolute Gasteiger partial charge is 0.389 e. The smallest absolute Gasteiger partial charge is 0.135 e. The number of hydrogen-bond donors (Lipinski definition) is 1. The van der Waals surface area contributed by atoms with E-state index in [0.29, 0.717) is 11.6 Å². The molecule has 0 radical (unpaired) electrons. The molecule has 0 bridgehead atoms. The summed E-state index contributed by atoms with van der Waals surface area (Å²) in [6.45, 7) is 4.83. The fraction of sp³-hybridized carbons (Fsp3) is 0.462. The summed E-state index contributed by atoms with van der Waals surface area (Å²) in [5.41, 5.74) is 6.81. The van der Waals surface area contributed by atoms with E-state index < -0.39 is 0 Å². The van der Waals surface area contributed by atoms with Crippen LogP contribution in [0, 0.1) is 5.82 Å². The monoisotopic (exact) mass is 267 g/mol. The number of rotatable bonds is 2. The van der Waals surface area contributed by atoms with Crippen LogP contribution in [0.25, 0.3) is 0 Å². The lowest BCUT2D eigenvalue weighted by Gasteiger charge is -2.39. The van der Waals surface area contributed by atoms with Crippen molar-refractivity contribution in [2.45, 2.75) is 13.0 Å². The average molecular weight is 267 g/mol. The second-order valence-corrected chi connectivity index (χ2v) is 5.21. The zero-order valence-electron chi connectivity index (χ0n) is 10.7. The summed E-state index contributed by atoms with van der Waals surface area (Å²) in [4.78, 5) is 4.56. The first-order valence-electron chi connectivity index (χ1n) is 6.04. The van der Waals surface area contributed by atoms with E-state index >= 15 is 0 Å². The zero-order chi connectivity index (χ0) is 13.3. The Morgan fingerprint density at radius 2 is 2.17 bits per heavy atom. The van der Waals surface area contributed by atoms with Crippen molar-refractivity contribution in [2.75, 3.05) is 31.6 Å². The molecular formula is C13H18FN3S. The Kier molecular flexibility index (Phi) is 3.82. The molecule has 0 saturated carbocycles. The van der Waals surface area contributed by atoms with Crippen LogP contribution < -0.4 is 10.6 Å². The van der Waals surface area contributed by atoms with E-state index in [1.165, 1.54) is 6.07 Å². The molecule has 98 valence electrons. The lowest BCUT2D eigenvalue weighted by atomic mass is 10.1. The standard InChI is InChI=1S/C13H18FN3S/c1-9-8-17(7-6-16(9)2)11-5-3-4-10(14)12(11)13(15)18/h3-5,9H,6-8H2,1-2H3,(H2,15,18). The molecule has 2 N–H and O–H groups in total. The Labute approximate surface area is 112 Å². The van der Waals surface area contributed by atoms with E-state index in [9.17, 15) is 4.39 Å². The third-order valence-electron chi connectivity index (χ3n) is 3.54. The summed E-state index contributed by atoms with van der Waals surface area (Å²) < 4.78 is 13.8. The molecule has 2 rings (SSSR count).